The number of oxazole rings is 1. The highest BCUT2D eigenvalue weighted by Gasteiger charge is 2.38. The van der Waals surface area contributed by atoms with Crippen molar-refractivity contribution in [1.29, 1.82) is 0 Å². The van der Waals surface area contributed by atoms with Crippen molar-refractivity contribution < 1.29 is 32.3 Å². The fourth-order valence-electron chi connectivity index (χ4n) is 4.24. The van der Waals surface area contributed by atoms with Gasteiger partial charge in [-0.1, -0.05) is 12.1 Å². The number of carbonyl (C=O) groups is 2. The number of amides is 1. The zero-order valence-corrected chi connectivity index (χ0v) is 17.8. The van der Waals surface area contributed by atoms with Gasteiger partial charge in [0.05, 0.1) is 0 Å². The molecular weight excluding hydrogens is 441 g/mol. The van der Waals surface area contributed by atoms with Crippen molar-refractivity contribution in [3.63, 3.8) is 0 Å². The van der Waals surface area contributed by atoms with E-state index in [0.717, 1.165) is 56.5 Å². The molecule has 0 radical (unpaired) electrons. The monoisotopic (exact) mass is 466 g/mol. The molecule has 3 N–H and O–H groups in total. The van der Waals surface area contributed by atoms with E-state index in [1.54, 1.807) is 0 Å². The Bertz CT molecular complexity index is 1010. The van der Waals surface area contributed by atoms with Crippen LogP contribution in [0.1, 0.15) is 59.0 Å². The Morgan fingerprint density at radius 1 is 1.15 bits per heavy atom. The molecule has 3 aliphatic rings. The maximum atomic E-state index is 12.9. The Kier molecular flexibility index (Phi) is 6.71. The van der Waals surface area contributed by atoms with E-state index < -0.39 is 12.1 Å². The van der Waals surface area contributed by atoms with Crippen molar-refractivity contribution in [1.82, 2.24) is 15.2 Å². The first-order valence-electron chi connectivity index (χ1n) is 10.8. The van der Waals surface area contributed by atoms with Crippen LogP contribution in [0.5, 0.6) is 0 Å². The van der Waals surface area contributed by atoms with Gasteiger partial charge in [0.25, 0.3) is 5.91 Å². The number of anilines is 1. The SMILES string of the molecule is O=C(Nc1cccc2c1CN(C1CC1)C2)c1ncoc1C1CCNCC1.O=C(O)C(F)(F)F. The molecule has 1 saturated heterocycles. The first-order chi connectivity index (χ1) is 15.7. The number of halogens is 3. The van der Waals surface area contributed by atoms with E-state index in [9.17, 15) is 18.0 Å². The van der Waals surface area contributed by atoms with E-state index in [-0.39, 0.29) is 11.8 Å². The summed E-state index contributed by atoms with van der Waals surface area (Å²) in [7, 11) is 0. The van der Waals surface area contributed by atoms with Crippen LogP contribution in [-0.2, 0) is 17.9 Å². The zero-order valence-electron chi connectivity index (χ0n) is 17.8. The number of nitrogens with one attached hydrogen (secondary N) is 2. The number of carbonyl (C=O) groups excluding carboxylic acids is 1. The highest BCUT2D eigenvalue weighted by atomic mass is 19.4. The van der Waals surface area contributed by atoms with Crippen LogP contribution in [0, 0.1) is 0 Å². The van der Waals surface area contributed by atoms with Gasteiger partial charge in [-0.25, -0.2) is 9.78 Å². The third-order valence-electron chi connectivity index (χ3n) is 6.08. The number of nitrogens with zero attached hydrogens (tertiary/aromatic N) is 2. The van der Waals surface area contributed by atoms with E-state index >= 15 is 0 Å². The van der Waals surface area contributed by atoms with Gasteiger partial charge >= 0.3 is 12.1 Å². The van der Waals surface area contributed by atoms with Crippen LogP contribution < -0.4 is 10.6 Å². The first kappa shape index (κ1) is 23.2. The lowest BCUT2D eigenvalue weighted by Crippen LogP contribution is -2.27. The number of carboxylic acids is 1. The molecule has 0 atom stereocenters. The standard InChI is InChI=1S/C20H24N4O2.C2HF3O2/c25-20(18-19(26-12-22-18)13-6-8-21-9-7-13)23-17-3-1-2-14-10-24(11-16(14)17)15-4-5-15;3-2(4,5)1(6)7/h1-3,12-13,15,21H,4-11H2,(H,23,25);(H,6,7). The van der Waals surface area contributed by atoms with Gasteiger partial charge in [-0.15, -0.1) is 0 Å². The van der Waals surface area contributed by atoms with Crippen LogP contribution in [0.25, 0.3) is 0 Å². The summed E-state index contributed by atoms with van der Waals surface area (Å²) in [5, 5.41) is 13.6. The molecule has 1 amide bonds. The summed E-state index contributed by atoms with van der Waals surface area (Å²) in [6.45, 7) is 3.83. The molecule has 5 rings (SSSR count). The van der Waals surface area contributed by atoms with Crippen molar-refractivity contribution in [3.05, 3.63) is 47.2 Å². The molecule has 33 heavy (non-hydrogen) atoms. The summed E-state index contributed by atoms with van der Waals surface area (Å²) in [5.74, 6) is -1.92. The number of carboxylic acid groups (broad SMARTS) is 1. The fraction of sp³-hybridized carbons (Fsp3) is 0.500. The molecule has 0 bridgehead atoms. The second-order valence-corrected chi connectivity index (χ2v) is 8.43. The maximum Gasteiger partial charge on any atom is 0.490 e. The number of piperidine rings is 1. The van der Waals surface area contributed by atoms with Gasteiger partial charge in [-0.2, -0.15) is 13.2 Å². The normalized spacial score (nSPS) is 18.9. The molecule has 2 aliphatic heterocycles. The molecule has 1 saturated carbocycles. The van der Waals surface area contributed by atoms with E-state index in [4.69, 9.17) is 14.3 Å². The van der Waals surface area contributed by atoms with E-state index in [2.05, 4.69) is 26.6 Å². The van der Waals surface area contributed by atoms with E-state index in [1.165, 1.54) is 30.4 Å². The average Bonchev–Trinajstić information content (AvgIpc) is 3.34. The number of hydrogen-bond acceptors (Lipinski definition) is 6. The molecule has 1 aromatic carbocycles. The summed E-state index contributed by atoms with van der Waals surface area (Å²) in [5.41, 5.74) is 3.93. The van der Waals surface area contributed by atoms with Gasteiger partial charge in [0.15, 0.2) is 12.1 Å². The average molecular weight is 466 g/mol. The largest absolute Gasteiger partial charge is 0.490 e. The second kappa shape index (κ2) is 9.52. The summed E-state index contributed by atoms with van der Waals surface area (Å²) < 4.78 is 37.3. The van der Waals surface area contributed by atoms with Crippen molar-refractivity contribution in [3.8, 4) is 0 Å². The van der Waals surface area contributed by atoms with Crippen LogP contribution in [0.15, 0.2) is 29.0 Å². The number of hydrogen-bond donors (Lipinski definition) is 3. The summed E-state index contributed by atoms with van der Waals surface area (Å²) >= 11 is 0. The van der Waals surface area contributed by atoms with Crippen LogP contribution in [0.2, 0.25) is 0 Å². The van der Waals surface area contributed by atoms with Gasteiger partial charge in [0.2, 0.25) is 0 Å². The molecule has 2 fully saturated rings. The molecule has 0 unspecified atom stereocenters. The second-order valence-electron chi connectivity index (χ2n) is 8.43. The predicted molar refractivity (Wildman–Crippen MR) is 112 cm³/mol. The smallest absolute Gasteiger partial charge is 0.475 e. The van der Waals surface area contributed by atoms with Crippen LogP contribution in [0.4, 0.5) is 18.9 Å². The van der Waals surface area contributed by atoms with Gasteiger partial charge in [0.1, 0.15) is 5.76 Å². The van der Waals surface area contributed by atoms with Gasteiger partial charge in [-0.05, 0) is 56.0 Å². The number of fused-ring (bicyclic) bond motifs is 1. The van der Waals surface area contributed by atoms with Crippen LogP contribution in [0.3, 0.4) is 0 Å². The molecule has 3 heterocycles. The molecule has 0 spiro atoms. The lowest BCUT2D eigenvalue weighted by molar-refractivity contribution is -0.192. The van der Waals surface area contributed by atoms with E-state index in [1.807, 2.05) is 12.1 Å². The third kappa shape index (κ3) is 5.53. The molecule has 11 heteroatoms. The van der Waals surface area contributed by atoms with Gasteiger partial charge in [-0.3, -0.25) is 9.69 Å². The fourth-order valence-corrected chi connectivity index (χ4v) is 4.24. The number of benzene rings is 1. The first-order valence-corrected chi connectivity index (χ1v) is 10.8. The Labute approximate surface area is 188 Å². The zero-order chi connectivity index (χ0) is 23.6. The Morgan fingerprint density at radius 3 is 2.48 bits per heavy atom. The lowest BCUT2D eigenvalue weighted by Gasteiger charge is -2.21. The van der Waals surface area contributed by atoms with Crippen molar-refractivity contribution in [2.45, 2.75) is 56.9 Å². The highest BCUT2D eigenvalue weighted by molar-refractivity contribution is 6.04. The summed E-state index contributed by atoms with van der Waals surface area (Å²) in [6, 6.07) is 6.93. The van der Waals surface area contributed by atoms with Gasteiger partial charge < -0.3 is 20.2 Å². The summed E-state index contributed by atoms with van der Waals surface area (Å²) in [6.07, 6.45) is 0.873. The molecule has 1 aliphatic carbocycles. The van der Waals surface area contributed by atoms with Gasteiger partial charge in [0, 0.05) is 30.7 Å². The minimum absolute atomic E-state index is 0.162. The number of alkyl halides is 3. The molecule has 178 valence electrons. The minimum atomic E-state index is -5.08. The number of aromatic nitrogens is 1. The van der Waals surface area contributed by atoms with Crippen molar-refractivity contribution in [2.75, 3.05) is 18.4 Å². The predicted octanol–water partition coefficient (Wildman–Crippen LogP) is 3.51. The summed E-state index contributed by atoms with van der Waals surface area (Å²) in [4.78, 5) is 28.5. The highest BCUT2D eigenvalue weighted by Crippen LogP contribution is 2.37. The van der Waals surface area contributed by atoms with Crippen LogP contribution in [-0.4, -0.2) is 52.2 Å². The van der Waals surface area contributed by atoms with Crippen LogP contribution >= 0.6 is 0 Å². The third-order valence-corrected chi connectivity index (χ3v) is 6.08. The number of rotatable bonds is 4. The maximum absolute atomic E-state index is 12.9. The number of aliphatic carboxylic acids is 1. The van der Waals surface area contributed by atoms with Crippen molar-refractivity contribution in [2.24, 2.45) is 0 Å². The Hall–Kier alpha value is -2.92. The lowest BCUT2D eigenvalue weighted by atomic mass is 9.94. The topological polar surface area (TPSA) is 108 Å². The quantitative estimate of drug-likeness (QED) is 0.633. The Balaban J connectivity index is 0.000000325. The minimum Gasteiger partial charge on any atom is -0.475 e. The Morgan fingerprint density at radius 2 is 1.85 bits per heavy atom. The molecular formula is C22H25F3N4O4. The molecule has 8 nitrogen and oxygen atoms in total. The molecule has 1 aromatic heterocycles. The van der Waals surface area contributed by atoms with Crippen molar-refractivity contribution >= 4 is 17.6 Å². The van der Waals surface area contributed by atoms with E-state index in [0.29, 0.717) is 5.69 Å². The molecule has 2 aromatic rings.